The fraction of sp³-hybridized carbons (Fsp3) is 0.174. The summed E-state index contributed by atoms with van der Waals surface area (Å²) in [6, 6.07) is 22.6. The first-order valence-electron chi connectivity index (χ1n) is 9.54. The monoisotopic (exact) mass is 408 g/mol. The van der Waals surface area contributed by atoms with Crippen LogP contribution in [0.1, 0.15) is 29.8 Å². The molecule has 29 heavy (non-hydrogen) atoms. The van der Waals surface area contributed by atoms with E-state index in [0.29, 0.717) is 11.3 Å². The highest BCUT2D eigenvalue weighted by Gasteiger charge is 2.24. The van der Waals surface area contributed by atoms with E-state index in [4.69, 9.17) is 0 Å². The molecule has 3 rings (SSSR count). The summed E-state index contributed by atoms with van der Waals surface area (Å²) in [6.45, 7) is 4.08. The predicted molar refractivity (Wildman–Crippen MR) is 117 cm³/mol. The van der Waals surface area contributed by atoms with Crippen molar-refractivity contribution in [1.82, 2.24) is 0 Å². The lowest BCUT2D eigenvalue weighted by atomic mass is 10.1. The molecule has 1 N–H and O–H groups in total. The van der Waals surface area contributed by atoms with E-state index in [1.165, 1.54) is 16.4 Å². The van der Waals surface area contributed by atoms with Gasteiger partial charge in [0.2, 0.25) is 0 Å². The van der Waals surface area contributed by atoms with Crippen LogP contribution in [-0.4, -0.2) is 20.9 Å². The number of nitrogens with one attached hydrogen (secondary N) is 1. The van der Waals surface area contributed by atoms with Crippen molar-refractivity contribution in [3.63, 3.8) is 0 Å². The zero-order valence-electron chi connectivity index (χ0n) is 16.5. The minimum Gasteiger partial charge on any atom is -0.322 e. The van der Waals surface area contributed by atoms with Crippen molar-refractivity contribution in [2.45, 2.75) is 25.2 Å². The van der Waals surface area contributed by atoms with Crippen molar-refractivity contribution < 1.29 is 13.2 Å². The van der Waals surface area contributed by atoms with Crippen molar-refractivity contribution >= 4 is 27.3 Å². The van der Waals surface area contributed by atoms with Crippen LogP contribution in [0.3, 0.4) is 0 Å². The zero-order chi connectivity index (χ0) is 20.9. The third kappa shape index (κ3) is 4.49. The van der Waals surface area contributed by atoms with E-state index < -0.39 is 10.0 Å². The summed E-state index contributed by atoms with van der Waals surface area (Å²) in [4.78, 5) is 12.8. The number of carbonyl (C=O) groups excluding carboxylic acids is 1. The number of aryl methyl sites for hydroxylation is 1. The average molecular weight is 409 g/mol. The number of benzene rings is 3. The molecule has 5 nitrogen and oxygen atoms in total. The molecule has 0 unspecified atom stereocenters. The smallest absolute Gasteiger partial charge is 0.264 e. The number of carbonyl (C=O) groups is 1. The number of rotatable bonds is 7. The van der Waals surface area contributed by atoms with Crippen LogP contribution in [-0.2, 0) is 16.4 Å². The molecule has 0 aromatic heterocycles. The molecule has 0 radical (unpaired) electrons. The van der Waals surface area contributed by atoms with Crippen LogP contribution in [0.25, 0.3) is 0 Å². The largest absolute Gasteiger partial charge is 0.322 e. The summed E-state index contributed by atoms with van der Waals surface area (Å²) in [5.74, 6) is -0.342. The molecule has 0 aliphatic rings. The number of sulfonamides is 1. The van der Waals surface area contributed by atoms with E-state index >= 15 is 0 Å². The Bertz CT molecular complexity index is 1100. The minimum absolute atomic E-state index is 0.0830. The molecule has 0 spiro atoms. The molecule has 0 aliphatic heterocycles. The first kappa shape index (κ1) is 20.6. The first-order valence-corrected chi connectivity index (χ1v) is 11.0. The van der Waals surface area contributed by atoms with Gasteiger partial charge < -0.3 is 5.32 Å². The fourth-order valence-electron chi connectivity index (χ4n) is 3.16. The number of hydrogen-bond acceptors (Lipinski definition) is 3. The van der Waals surface area contributed by atoms with E-state index in [9.17, 15) is 13.2 Å². The maximum atomic E-state index is 13.2. The molecular formula is C23H24N2O3S. The summed E-state index contributed by atoms with van der Waals surface area (Å²) in [6.07, 6.45) is 0.785. The Morgan fingerprint density at radius 1 is 0.897 bits per heavy atom. The van der Waals surface area contributed by atoms with Crippen molar-refractivity contribution in [2.24, 2.45) is 0 Å². The van der Waals surface area contributed by atoms with Crippen LogP contribution >= 0.6 is 0 Å². The Hall–Kier alpha value is -3.12. The van der Waals surface area contributed by atoms with Crippen molar-refractivity contribution in [1.29, 1.82) is 0 Å². The van der Waals surface area contributed by atoms with Crippen LogP contribution in [0.2, 0.25) is 0 Å². The third-order valence-corrected chi connectivity index (χ3v) is 6.56. The second-order valence-electron chi connectivity index (χ2n) is 6.50. The molecule has 0 atom stereocenters. The summed E-state index contributed by atoms with van der Waals surface area (Å²) in [5, 5.41) is 2.88. The highest BCUT2D eigenvalue weighted by molar-refractivity contribution is 7.92. The highest BCUT2D eigenvalue weighted by atomic mass is 32.2. The quantitative estimate of drug-likeness (QED) is 0.615. The number of amides is 1. The van der Waals surface area contributed by atoms with Gasteiger partial charge in [0.25, 0.3) is 15.9 Å². The van der Waals surface area contributed by atoms with Gasteiger partial charge in [0.15, 0.2) is 0 Å². The van der Waals surface area contributed by atoms with Gasteiger partial charge in [0.05, 0.1) is 10.6 Å². The number of anilines is 2. The van der Waals surface area contributed by atoms with Crippen LogP contribution in [0.5, 0.6) is 0 Å². The molecule has 0 saturated heterocycles. The van der Waals surface area contributed by atoms with Gasteiger partial charge in [-0.25, -0.2) is 8.42 Å². The first-order chi connectivity index (χ1) is 14.0. The maximum absolute atomic E-state index is 13.2. The predicted octanol–water partition coefficient (Wildman–Crippen LogP) is 4.72. The van der Waals surface area contributed by atoms with E-state index in [0.717, 1.165) is 17.7 Å². The molecule has 3 aromatic rings. The molecule has 0 bridgehead atoms. The lowest BCUT2D eigenvalue weighted by Crippen LogP contribution is -2.31. The third-order valence-electron chi connectivity index (χ3n) is 4.66. The molecule has 0 heterocycles. The highest BCUT2D eigenvalue weighted by Crippen LogP contribution is 2.24. The topological polar surface area (TPSA) is 66.5 Å². The maximum Gasteiger partial charge on any atom is 0.264 e. The van der Waals surface area contributed by atoms with Gasteiger partial charge >= 0.3 is 0 Å². The summed E-state index contributed by atoms with van der Waals surface area (Å²) in [7, 11) is -3.79. The van der Waals surface area contributed by atoms with Gasteiger partial charge in [0, 0.05) is 17.8 Å². The Labute approximate surface area is 172 Å². The Balaban J connectivity index is 1.91. The molecular weight excluding hydrogens is 384 g/mol. The van der Waals surface area contributed by atoms with E-state index in [-0.39, 0.29) is 17.3 Å². The fourth-order valence-corrected chi connectivity index (χ4v) is 4.68. The summed E-state index contributed by atoms with van der Waals surface area (Å²) >= 11 is 0. The molecule has 0 aliphatic carbocycles. The molecule has 6 heteroatoms. The van der Waals surface area contributed by atoms with Crippen LogP contribution in [0.4, 0.5) is 11.4 Å². The number of nitrogens with zero attached hydrogens (tertiary/aromatic N) is 1. The standard InChI is InChI=1S/C23H24N2O3S/c1-3-18-11-8-9-16-22(18)24-23(26)19-12-10-15-21(17-19)29(27,28)25(4-2)20-13-6-5-7-14-20/h5-17H,3-4H2,1-2H3,(H,24,26). The van der Waals surface area contributed by atoms with Gasteiger partial charge in [-0.15, -0.1) is 0 Å². The average Bonchev–Trinajstić information content (AvgIpc) is 2.75. The number of para-hydroxylation sites is 2. The molecule has 0 saturated carbocycles. The normalized spacial score (nSPS) is 11.1. The van der Waals surface area contributed by atoms with Gasteiger partial charge in [-0.2, -0.15) is 0 Å². The van der Waals surface area contributed by atoms with E-state index in [2.05, 4.69) is 5.32 Å². The van der Waals surface area contributed by atoms with Crippen LogP contribution in [0.15, 0.2) is 83.8 Å². The van der Waals surface area contributed by atoms with Gasteiger partial charge in [0.1, 0.15) is 0 Å². The zero-order valence-corrected chi connectivity index (χ0v) is 17.3. The Morgan fingerprint density at radius 2 is 1.59 bits per heavy atom. The van der Waals surface area contributed by atoms with E-state index in [1.807, 2.05) is 37.3 Å². The summed E-state index contributed by atoms with van der Waals surface area (Å²) in [5.41, 5.74) is 2.63. The second kappa shape index (κ2) is 8.92. The van der Waals surface area contributed by atoms with Crippen molar-refractivity contribution in [2.75, 3.05) is 16.2 Å². The molecule has 3 aromatic carbocycles. The Morgan fingerprint density at radius 3 is 2.28 bits per heavy atom. The lowest BCUT2D eigenvalue weighted by Gasteiger charge is -2.23. The molecule has 150 valence electrons. The SMILES string of the molecule is CCc1ccccc1NC(=O)c1cccc(S(=O)(=O)N(CC)c2ccccc2)c1. The van der Waals surface area contributed by atoms with Crippen molar-refractivity contribution in [3.05, 3.63) is 90.0 Å². The summed E-state index contributed by atoms with van der Waals surface area (Å²) < 4.78 is 27.7. The number of hydrogen-bond donors (Lipinski definition) is 1. The van der Waals surface area contributed by atoms with Crippen LogP contribution in [0, 0.1) is 0 Å². The van der Waals surface area contributed by atoms with Gasteiger partial charge in [-0.05, 0) is 55.3 Å². The van der Waals surface area contributed by atoms with Gasteiger partial charge in [-0.3, -0.25) is 9.10 Å². The Kier molecular flexibility index (Phi) is 6.34. The lowest BCUT2D eigenvalue weighted by molar-refractivity contribution is 0.102. The van der Waals surface area contributed by atoms with Gasteiger partial charge in [-0.1, -0.05) is 49.4 Å². The molecule has 0 fully saturated rings. The van der Waals surface area contributed by atoms with Crippen molar-refractivity contribution in [3.8, 4) is 0 Å². The molecule has 1 amide bonds. The van der Waals surface area contributed by atoms with E-state index in [1.54, 1.807) is 43.3 Å². The van der Waals surface area contributed by atoms with Crippen LogP contribution < -0.4 is 9.62 Å². The second-order valence-corrected chi connectivity index (χ2v) is 8.36. The minimum atomic E-state index is -3.79.